The molecule has 4 heteroatoms. The smallest absolute Gasteiger partial charge is 0.227 e. The van der Waals surface area contributed by atoms with E-state index in [-0.39, 0.29) is 5.91 Å². The van der Waals surface area contributed by atoms with E-state index in [0.29, 0.717) is 17.4 Å². The molecule has 0 N–H and O–H groups in total. The molecule has 2 rings (SSSR count). The van der Waals surface area contributed by atoms with Gasteiger partial charge >= 0.3 is 0 Å². The highest BCUT2D eigenvalue weighted by molar-refractivity contribution is 9.09. The molecule has 1 fully saturated rings. The first-order chi connectivity index (χ1) is 8.20. The van der Waals surface area contributed by atoms with Gasteiger partial charge in [0.25, 0.3) is 0 Å². The first-order valence-corrected chi connectivity index (χ1v) is 7.28. The largest absolute Gasteiger partial charge is 0.342 e. The van der Waals surface area contributed by atoms with Crippen LogP contribution in [0.1, 0.15) is 12.0 Å². The van der Waals surface area contributed by atoms with Crippen LogP contribution in [0.5, 0.6) is 0 Å². The predicted molar refractivity (Wildman–Crippen MR) is 73.6 cm³/mol. The first-order valence-electron chi connectivity index (χ1n) is 5.78. The second-order valence-corrected chi connectivity index (χ2v) is 5.47. The molecule has 1 unspecified atom stereocenters. The van der Waals surface area contributed by atoms with Crippen LogP contribution in [0.15, 0.2) is 24.3 Å². The van der Waals surface area contributed by atoms with Crippen molar-refractivity contribution in [2.24, 2.45) is 5.92 Å². The van der Waals surface area contributed by atoms with Crippen molar-refractivity contribution >= 4 is 33.4 Å². The lowest BCUT2D eigenvalue weighted by Crippen LogP contribution is -2.30. The van der Waals surface area contributed by atoms with Crippen molar-refractivity contribution < 1.29 is 4.79 Å². The van der Waals surface area contributed by atoms with Gasteiger partial charge in [-0.1, -0.05) is 45.7 Å². The van der Waals surface area contributed by atoms with Crippen molar-refractivity contribution in [3.05, 3.63) is 34.9 Å². The van der Waals surface area contributed by atoms with E-state index in [1.165, 1.54) is 0 Å². The number of benzene rings is 1. The first kappa shape index (κ1) is 12.9. The van der Waals surface area contributed by atoms with E-state index in [1.54, 1.807) is 0 Å². The van der Waals surface area contributed by atoms with Crippen molar-refractivity contribution in [2.75, 3.05) is 18.4 Å². The molecule has 1 amide bonds. The average molecular weight is 317 g/mol. The minimum atomic E-state index is 0.182. The standard InChI is InChI=1S/C13H15BrClNO/c14-8-10-5-6-16(9-10)13(17)7-11-3-1-2-4-12(11)15/h1-4,10H,5-9H2. The van der Waals surface area contributed by atoms with Crippen LogP contribution in [-0.4, -0.2) is 29.2 Å². The number of rotatable bonds is 3. The second kappa shape index (κ2) is 5.87. The number of carbonyl (C=O) groups excluding carboxylic acids is 1. The van der Waals surface area contributed by atoms with Gasteiger partial charge in [-0.05, 0) is 24.0 Å². The van der Waals surface area contributed by atoms with E-state index < -0.39 is 0 Å². The molecule has 2 nitrogen and oxygen atoms in total. The fourth-order valence-corrected chi connectivity index (χ4v) is 2.83. The maximum atomic E-state index is 12.1. The summed E-state index contributed by atoms with van der Waals surface area (Å²) in [5.41, 5.74) is 0.918. The Bertz CT molecular complexity index is 410. The van der Waals surface area contributed by atoms with E-state index in [1.807, 2.05) is 29.2 Å². The third-order valence-electron chi connectivity index (χ3n) is 3.16. The Morgan fingerprint density at radius 3 is 2.88 bits per heavy atom. The maximum absolute atomic E-state index is 12.1. The van der Waals surface area contributed by atoms with Crippen LogP contribution in [0.3, 0.4) is 0 Å². The summed E-state index contributed by atoms with van der Waals surface area (Å²) in [6.45, 7) is 1.74. The van der Waals surface area contributed by atoms with Gasteiger partial charge in [-0.25, -0.2) is 0 Å². The molecule has 1 saturated heterocycles. The molecule has 92 valence electrons. The summed E-state index contributed by atoms with van der Waals surface area (Å²) >= 11 is 9.52. The van der Waals surface area contributed by atoms with Gasteiger partial charge in [0.05, 0.1) is 6.42 Å². The summed E-state index contributed by atoms with van der Waals surface area (Å²) in [6, 6.07) is 7.54. The Kier molecular flexibility index (Phi) is 4.46. The van der Waals surface area contributed by atoms with Gasteiger partial charge in [-0.3, -0.25) is 4.79 Å². The van der Waals surface area contributed by atoms with Crippen LogP contribution in [0.4, 0.5) is 0 Å². The van der Waals surface area contributed by atoms with Gasteiger partial charge in [0.15, 0.2) is 0 Å². The predicted octanol–water partition coefficient (Wildman–Crippen LogP) is 3.13. The zero-order valence-corrected chi connectivity index (χ0v) is 11.9. The highest BCUT2D eigenvalue weighted by atomic mass is 79.9. The lowest BCUT2D eigenvalue weighted by atomic mass is 10.1. The third kappa shape index (κ3) is 3.23. The minimum Gasteiger partial charge on any atom is -0.342 e. The molecule has 1 atom stereocenters. The van der Waals surface area contributed by atoms with E-state index in [2.05, 4.69) is 15.9 Å². The molecule has 0 aliphatic carbocycles. The number of likely N-dealkylation sites (tertiary alicyclic amines) is 1. The molecule has 1 aromatic carbocycles. The molecule has 0 radical (unpaired) electrons. The van der Waals surface area contributed by atoms with Crippen molar-refractivity contribution in [3.8, 4) is 0 Å². The Morgan fingerprint density at radius 2 is 2.24 bits per heavy atom. The minimum absolute atomic E-state index is 0.182. The molecule has 1 aliphatic heterocycles. The van der Waals surface area contributed by atoms with Gasteiger partial charge in [0, 0.05) is 23.4 Å². The van der Waals surface area contributed by atoms with Crippen molar-refractivity contribution in [1.82, 2.24) is 4.90 Å². The van der Waals surface area contributed by atoms with Gasteiger partial charge in [0.2, 0.25) is 5.91 Å². The topological polar surface area (TPSA) is 20.3 Å². The molecule has 1 heterocycles. The zero-order valence-electron chi connectivity index (χ0n) is 9.53. The number of amides is 1. The number of alkyl halides is 1. The highest BCUT2D eigenvalue weighted by Crippen LogP contribution is 2.21. The Balaban J connectivity index is 1.96. The van der Waals surface area contributed by atoms with E-state index >= 15 is 0 Å². The fourth-order valence-electron chi connectivity index (χ4n) is 2.10. The molecule has 17 heavy (non-hydrogen) atoms. The SMILES string of the molecule is O=C(Cc1ccccc1Cl)N1CCC(CBr)C1. The average Bonchev–Trinajstić information content (AvgIpc) is 2.81. The van der Waals surface area contributed by atoms with E-state index in [0.717, 1.165) is 30.4 Å². The van der Waals surface area contributed by atoms with Gasteiger partial charge in [-0.2, -0.15) is 0 Å². The number of halogens is 2. The number of hydrogen-bond acceptors (Lipinski definition) is 1. The fraction of sp³-hybridized carbons (Fsp3) is 0.462. The summed E-state index contributed by atoms with van der Waals surface area (Å²) in [5.74, 6) is 0.784. The number of carbonyl (C=O) groups is 1. The molecular weight excluding hydrogens is 302 g/mol. The second-order valence-electron chi connectivity index (χ2n) is 4.42. The van der Waals surface area contributed by atoms with Crippen LogP contribution < -0.4 is 0 Å². The quantitative estimate of drug-likeness (QED) is 0.785. The summed E-state index contributed by atoms with van der Waals surface area (Å²) in [6.07, 6.45) is 1.51. The molecule has 0 saturated carbocycles. The third-order valence-corrected chi connectivity index (χ3v) is 4.44. The summed E-state index contributed by atoms with van der Waals surface area (Å²) in [7, 11) is 0. The van der Waals surface area contributed by atoms with Gasteiger partial charge < -0.3 is 4.90 Å². The summed E-state index contributed by atoms with van der Waals surface area (Å²) in [4.78, 5) is 14.0. The van der Waals surface area contributed by atoms with Crippen molar-refractivity contribution in [2.45, 2.75) is 12.8 Å². The van der Waals surface area contributed by atoms with Crippen LogP contribution in [0.25, 0.3) is 0 Å². The molecule has 1 aliphatic rings. The van der Waals surface area contributed by atoms with Crippen LogP contribution in [-0.2, 0) is 11.2 Å². The Morgan fingerprint density at radius 1 is 1.47 bits per heavy atom. The lowest BCUT2D eigenvalue weighted by molar-refractivity contribution is -0.129. The number of nitrogens with zero attached hydrogens (tertiary/aromatic N) is 1. The monoisotopic (exact) mass is 315 g/mol. The molecule has 1 aromatic rings. The van der Waals surface area contributed by atoms with Crippen LogP contribution in [0, 0.1) is 5.92 Å². The number of hydrogen-bond donors (Lipinski definition) is 0. The van der Waals surface area contributed by atoms with Crippen molar-refractivity contribution in [3.63, 3.8) is 0 Å². The Hall–Kier alpha value is -0.540. The lowest BCUT2D eigenvalue weighted by Gasteiger charge is -2.16. The van der Waals surface area contributed by atoms with E-state index in [9.17, 15) is 4.79 Å². The highest BCUT2D eigenvalue weighted by Gasteiger charge is 2.25. The van der Waals surface area contributed by atoms with Crippen molar-refractivity contribution in [1.29, 1.82) is 0 Å². The summed E-state index contributed by atoms with van der Waals surface area (Å²) in [5, 5.41) is 1.65. The van der Waals surface area contributed by atoms with Crippen LogP contribution in [0.2, 0.25) is 5.02 Å². The van der Waals surface area contributed by atoms with Crippen LogP contribution >= 0.6 is 27.5 Å². The molecular formula is C13H15BrClNO. The summed E-state index contributed by atoms with van der Waals surface area (Å²) < 4.78 is 0. The normalized spacial score (nSPS) is 19.6. The van der Waals surface area contributed by atoms with Gasteiger partial charge in [-0.15, -0.1) is 0 Å². The Labute approximate surface area is 115 Å². The zero-order chi connectivity index (χ0) is 12.3. The maximum Gasteiger partial charge on any atom is 0.227 e. The molecule has 0 spiro atoms. The molecule has 0 aromatic heterocycles. The van der Waals surface area contributed by atoms with E-state index in [4.69, 9.17) is 11.6 Å². The molecule has 0 bridgehead atoms. The van der Waals surface area contributed by atoms with Gasteiger partial charge in [0.1, 0.15) is 0 Å².